The Hall–Kier alpha value is -4.15. The molecule has 2 atom stereocenters. The summed E-state index contributed by atoms with van der Waals surface area (Å²) in [6, 6.07) is 7.64. The van der Waals surface area contributed by atoms with E-state index in [-0.39, 0.29) is 22.8 Å². The molecular weight excluding hydrogens is 422 g/mol. The number of anilines is 1. The molecule has 2 heterocycles. The second kappa shape index (κ2) is 7.84. The summed E-state index contributed by atoms with van der Waals surface area (Å²) < 4.78 is 15.8. The van der Waals surface area contributed by atoms with Crippen LogP contribution in [0.1, 0.15) is 11.1 Å². The normalized spacial score (nSPS) is 19.4. The second-order valence-corrected chi connectivity index (χ2v) is 7.10. The SMILES string of the molecule is COc1cc(N2C(=O)[C@H]3C(c4cccc(OC)c4OC)=NO[C@H]3C2=O)c(C)cc1[N+](=O)[O-]. The number of hydrogen-bond acceptors (Lipinski definition) is 9. The van der Waals surface area contributed by atoms with Crippen LogP contribution in [0.15, 0.2) is 35.5 Å². The number of nitro benzene ring substituents is 1. The van der Waals surface area contributed by atoms with E-state index in [1.165, 1.54) is 33.5 Å². The summed E-state index contributed by atoms with van der Waals surface area (Å²) in [5, 5.41) is 15.3. The number of oxime groups is 1. The number of nitrogens with zero attached hydrogens (tertiary/aromatic N) is 3. The van der Waals surface area contributed by atoms with Gasteiger partial charge in [-0.2, -0.15) is 0 Å². The third kappa shape index (κ3) is 3.01. The van der Waals surface area contributed by atoms with Gasteiger partial charge in [0.05, 0.1) is 31.9 Å². The molecule has 0 unspecified atom stereocenters. The monoisotopic (exact) mass is 441 g/mol. The van der Waals surface area contributed by atoms with Crippen LogP contribution in [0.5, 0.6) is 17.2 Å². The van der Waals surface area contributed by atoms with Gasteiger partial charge in [-0.3, -0.25) is 19.7 Å². The van der Waals surface area contributed by atoms with Crippen molar-refractivity contribution >= 4 is 28.9 Å². The average molecular weight is 441 g/mol. The highest BCUT2D eigenvalue weighted by Gasteiger charge is 2.57. The van der Waals surface area contributed by atoms with Crippen molar-refractivity contribution in [1.82, 2.24) is 0 Å². The van der Waals surface area contributed by atoms with Gasteiger partial charge in [0.25, 0.3) is 5.91 Å². The van der Waals surface area contributed by atoms with Crippen LogP contribution in [0.25, 0.3) is 0 Å². The number of benzene rings is 2. The highest BCUT2D eigenvalue weighted by Crippen LogP contribution is 2.42. The van der Waals surface area contributed by atoms with Gasteiger partial charge in [0.1, 0.15) is 11.6 Å². The molecule has 0 radical (unpaired) electrons. The molecule has 2 aromatic carbocycles. The third-order valence-corrected chi connectivity index (χ3v) is 5.43. The summed E-state index contributed by atoms with van der Waals surface area (Å²) in [7, 11) is 4.20. The number of carbonyl (C=O) groups is 2. The Labute approximate surface area is 182 Å². The number of ether oxygens (including phenoxy) is 3. The largest absolute Gasteiger partial charge is 0.493 e. The van der Waals surface area contributed by atoms with E-state index < -0.39 is 28.8 Å². The molecule has 0 aromatic heterocycles. The van der Waals surface area contributed by atoms with Gasteiger partial charge in [-0.05, 0) is 24.6 Å². The summed E-state index contributed by atoms with van der Waals surface area (Å²) in [5.41, 5.74) is 0.958. The Kier molecular flexibility index (Phi) is 5.17. The topological polar surface area (TPSA) is 130 Å². The summed E-state index contributed by atoms with van der Waals surface area (Å²) >= 11 is 0. The maximum Gasteiger partial charge on any atom is 0.311 e. The number of nitro groups is 1. The van der Waals surface area contributed by atoms with E-state index in [1.807, 2.05) is 0 Å². The number of para-hydroxylation sites is 1. The molecular formula is C21H19N3O8. The van der Waals surface area contributed by atoms with Crippen LogP contribution in [0, 0.1) is 23.0 Å². The molecule has 2 amide bonds. The smallest absolute Gasteiger partial charge is 0.311 e. The Bertz CT molecular complexity index is 1180. The summed E-state index contributed by atoms with van der Waals surface area (Å²) in [4.78, 5) is 43.5. The maximum atomic E-state index is 13.4. The fourth-order valence-corrected chi connectivity index (χ4v) is 3.94. The van der Waals surface area contributed by atoms with Crippen LogP contribution in [0.2, 0.25) is 0 Å². The van der Waals surface area contributed by atoms with Crippen LogP contribution >= 0.6 is 0 Å². The molecule has 4 rings (SSSR count). The van der Waals surface area contributed by atoms with Gasteiger partial charge in [-0.1, -0.05) is 11.2 Å². The lowest BCUT2D eigenvalue weighted by atomic mass is 9.93. The van der Waals surface area contributed by atoms with E-state index in [9.17, 15) is 19.7 Å². The van der Waals surface area contributed by atoms with E-state index in [2.05, 4.69) is 5.16 Å². The molecule has 0 N–H and O–H groups in total. The average Bonchev–Trinajstić information content (AvgIpc) is 3.33. The number of methoxy groups -OCH3 is 3. The number of hydrogen-bond donors (Lipinski definition) is 0. The molecule has 0 saturated carbocycles. The van der Waals surface area contributed by atoms with E-state index in [1.54, 1.807) is 25.1 Å². The fraction of sp³-hybridized carbons (Fsp3) is 0.286. The summed E-state index contributed by atoms with van der Waals surface area (Å²) in [6.07, 6.45) is -1.16. The van der Waals surface area contributed by atoms with Crippen LogP contribution < -0.4 is 19.1 Å². The molecule has 2 aromatic rings. The van der Waals surface area contributed by atoms with Crippen molar-refractivity contribution in [1.29, 1.82) is 0 Å². The number of carbonyl (C=O) groups excluding carboxylic acids is 2. The highest BCUT2D eigenvalue weighted by atomic mass is 16.7. The van der Waals surface area contributed by atoms with Crippen molar-refractivity contribution in [2.75, 3.05) is 26.2 Å². The van der Waals surface area contributed by atoms with Gasteiger partial charge < -0.3 is 19.0 Å². The van der Waals surface area contributed by atoms with Gasteiger partial charge in [0.2, 0.25) is 12.0 Å². The van der Waals surface area contributed by atoms with Crippen molar-refractivity contribution in [2.45, 2.75) is 13.0 Å². The predicted octanol–water partition coefficient (Wildman–Crippen LogP) is 2.22. The first-order valence-electron chi connectivity index (χ1n) is 9.49. The van der Waals surface area contributed by atoms with Gasteiger partial charge in [-0.15, -0.1) is 0 Å². The van der Waals surface area contributed by atoms with Crippen molar-refractivity contribution in [3.05, 3.63) is 51.6 Å². The number of fused-ring (bicyclic) bond motifs is 1. The van der Waals surface area contributed by atoms with Crippen molar-refractivity contribution in [2.24, 2.45) is 11.1 Å². The van der Waals surface area contributed by atoms with E-state index in [4.69, 9.17) is 19.0 Å². The lowest BCUT2D eigenvalue weighted by Crippen LogP contribution is -2.33. The zero-order valence-electron chi connectivity index (χ0n) is 17.6. The number of rotatable bonds is 6. The molecule has 0 bridgehead atoms. The second-order valence-electron chi connectivity index (χ2n) is 7.10. The first kappa shape index (κ1) is 21.1. The van der Waals surface area contributed by atoms with Gasteiger partial charge >= 0.3 is 5.69 Å². The molecule has 11 heteroatoms. The Morgan fingerprint density at radius 1 is 1.06 bits per heavy atom. The molecule has 1 fully saturated rings. The minimum absolute atomic E-state index is 0.0717. The Morgan fingerprint density at radius 3 is 2.41 bits per heavy atom. The van der Waals surface area contributed by atoms with E-state index in [0.29, 0.717) is 22.6 Å². The van der Waals surface area contributed by atoms with Crippen LogP contribution in [0.4, 0.5) is 11.4 Å². The van der Waals surface area contributed by atoms with Crippen molar-refractivity contribution in [3.8, 4) is 17.2 Å². The molecule has 1 saturated heterocycles. The predicted molar refractivity (Wildman–Crippen MR) is 111 cm³/mol. The first-order valence-corrected chi connectivity index (χ1v) is 9.49. The van der Waals surface area contributed by atoms with Crippen LogP contribution in [-0.4, -0.2) is 49.9 Å². The third-order valence-electron chi connectivity index (χ3n) is 5.43. The Morgan fingerprint density at radius 2 is 1.78 bits per heavy atom. The highest BCUT2D eigenvalue weighted by molar-refractivity contribution is 6.33. The van der Waals surface area contributed by atoms with Crippen LogP contribution in [-0.2, 0) is 14.4 Å². The molecule has 0 aliphatic carbocycles. The van der Waals surface area contributed by atoms with Crippen molar-refractivity contribution in [3.63, 3.8) is 0 Å². The van der Waals surface area contributed by atoms with E-state index >= 15 is 0 Å². The quantitative estimate of drug-likeness (QED) is 0.379. The van der Waals surface area contributed by atoms with Gasteiger partial charge in [0.15, 0.2) is 17.2 Å². The molecule has 0 spiro atoms. The zero-order chi connectivity index (χ0) is 23.2. The standard InChI is InChI=1S/C21H19N3O8/c1-10-8-13(24(27)28)15(30-3)9-12(10)23-20(25)16-17(22-32-19(16)21(23)26)11-6-5-7-14(29-2)18(11)31-4/h5-9,16,19H,1-4H3/t16-,19+/m0/s1. The fourth-order valence-electron chi connectivity index (χ4n) is 3.94. The lowest BCUT2D eigenvalue weighted by Gasteiger charge is -2.19. The molecule has 166 valence electrons. The van der Waals surface area contributed by atoms with Gasteiger partial charge in [0, 0.05) is 17.7 Å². The first-order chi connectivity index (χ1) is 15.3. The number of amides is 2. The maximum absolute atomic E-state index is 13.4. The molecule has 2 aliphatic heterocycles. The molecule has 11 nitrogen and oxygen atoms in total. The molecule has 32 heavy (non-hydrogen) atoms. The minimum atomic E-state index is -1.16. The number of aryl methyl sites for hydroxylation is 1. The number of imide groups is 1. The summed E-state index contributed by atoms with van der Waals surface area (Å²) in [5.74, 6) is -1.49. The summed E-state index contributed by atoms with van der Waals surface area (Å²) in [6.45, 7) is 1.57. The van der Waals surface area contributed by atoms with Gasteiger partial charge in [-0.25, -0.2) is 4.90 Å². The van der Waals surface area contributed by atoms with Crippen molar-refractivity contribution < 1.29 is 33.6 Å². The van der Waals surface area contributed by atoms with E-state index in [0.717, 1.165) is 4.90 Å². The molecule has 2 aliphatic rings. The zero-order valence-corrected chi connectivity index (χ0v) is 17.6. The van der Waals surface area contributed by atoms with Crippen LogP contribution in [0.3, 0.4) is 0 Å². The Balaban J connectivity index is 1.77. The minimum Gasteiger partial charge on any atom is -0.493 e. The lowest BCUT2D eigenvalue weighted by molar-refractivity contribution is -0.385.